The van der Waals surface area contributed by atoms with Gasteiger partial charge in [-0.3, -0.25) is 4.90 Å². The summed E-state index contributed by atoms with van der Waals surface area (Å²) in [7, 11) is 0. The molecule has 1 unspecified atom stereocenters. The van der Waals surface area contributed by atoms with Crippen molar-refractivity contribution in [1.29, 1.82) is 0 Å². The van der Waals surface area contributed by atoms with Crippen LogP contribution in [0.5, 0.6) is 0 Å². The van der Waals surface area contributed by atoms with Gasteiger partial charge in [-0.1, -0.05) is 0 Å². The van der Waals surface area contributed by atoms with Crippen molar-refractivity contribution in [3.05, 3.63) is 0 Å². The van der Waals surface area contributed by atoms with E-state index in [-0.39, 0.29) is 24.3 Å². The van der Waals surface area contributed by atoms with E-state index >= 15 is 0 Å². The molecule has 2 heterocycles. The van der Waals surface area contributed by atoms with Crippen LogP contribution in [-0.4, -0.2) is 52.7 Å². The molecular formula is C10H19NO3. The summed E-state index contributed by atoms with van der Waals surface area (Å²) < 4.78 is 5.67. The Morgan fingerprint density at radius 1 is 1.57 bits per heavy atom. The molecule has 0 spiro atoms. The van der Waals surface area contributed by atoms with Crippen molar-refractivity contribution in [3.8, 4) is 0 Å². The first-order valence-electron chi connectivity index (χ1n) is 5.26. The van der Waals surface area contributed by atoms with Gasteiger partial charge in [0.05, 0.1) is 19.3 Å². The van der Waals surface area contributed by atoms with E-state index < -0.39 is 6.10 Å². The molecule has 82 valence electrons. The number of hydrogen-bond acceptors (Lipinski definition) is 4. The zero-order valence-electron chi connectivity index (χ0n) is 8.81. The Kier molecular flexibility index (Phi) is 2.55. The van der Waals surface area contributed by atoms with E-state index in [1.165, 1.54) is 0 Å². The topological polar surface area (TPSA) is 52.9 Å². The van der Waals surface area contributed by atoms with E-state index in [0.29, 0.717) is 6.61 Å². The van der Waals surface area contributed by atoms with Crippen LogP contribution in [0.4, 0.5) is 0 Å². The Balaban J connectivity index is 2.08. The van der Waals surface area contributed by atoms with Gasteiger partial charge in [0.1, 0.15) is 5.72 Å². The smallest absolute Gasteiger partial charge is 0.116 e. The third kappa shape index (κ3) is 1.46. The highest BCUT2D eigenvalue weighted by atomic mass is 16.5. The minimum atomic E-state index is -0.595. The van der Waals surface area contributed by atoms with Gasteiger partial charge < -0.3 is 14.9 Å². The largest absolute Gasteiger partial charge is 0.394 e. The molecule has 2 fully saturated rings. The minimum Gasteiger partial charge on any atom is -0.394 e. The summed E-state index contributed by atoms with van der Waals surface area (Å²) in [6.45, 7) is 5.60. The molecule has 0 radical (unpaired) electrons. The van der Waals surface area contributed by atoms with Crippen LogP contribution in [0.3, 0.4) is 0 Å². The van der Waals surface area contributed by atoms with Crippen LogP contribution in [0, 0.1) is 5.92 Å². The fourth-order valence-corrected chi connectivity index (χ4v) is 2.72. The van der Waals surface area contributed by atoms with Gasteiger partial charge in [-0.05, 0) is 20.3 Å². The monoisotopic (exact) mass is 201 g/mol. The molecule has 4 nitrogen and oxygen atoms in total. The fraction of sp³-hybridized carbons (Fsp3) is 1.00. The van der Waals surface area contributed by atoms with Crippen molar-refractivity contribution in [2.75, 3.05) is 19.8 Å². The second kappa shape index (κ2) is 3.45. The van der Waals surface area contributed by atoms with Crippen LogP contribution in [0.15, 0.2) is 0 Å². The van der Waals surface area contributed by atoms with E-state index in [1.54, 1.807) is 0 Å². The lowest BCUT2D eigenvalue weighted by molar-refractivity contribution is -0.0478. The lowest BCUT2D eigenvalue weighted by Crippen LogP contribution is -2.42. The molecule has 14 heavy (non-hydrogen) atoms. The van der Waals surface area contributed by atoms with Gasteiger partial charge in [-0.25, -0.2) is 0 Å². The van der Waals surface area contributed by atoms with Crippen LogP contribution >= 0.6 is 0 Å². The highest BCUT2D eigenvalue weighted by Gasteiger charge is 2.49. The van der Waals surface area contributed by atoms with Gasteiger partial charge in [-0.2, -0.15) is 0 Å². The number of aliphatic hydroxyl groups is 2. The van der Waals surface area contributed by atoms with Gasteiger partial charge in [0.2, 0.25) is 0 Å². The molecule has 0 aromatic heterocycles. The zero-order valence-corrected chi connectivity index (χ0v) is 8.81. The van der Waals surface area contributed by atoms with Crippen LogP contribution in [0.25, 0.3) is 0 Å². The summed E-state index contributed by atoms with van der Waals surface area (Å²) in [6, 6.07) is 0.284. The van der Waals surface area contributed by atoms with Gasteiger partial charge in [-0.15, -0.1) is 0 Å². The normalized spacial score (nSPS) is 38.6. The second-order valence-electron chi connectivity index (χ2n) is 4.72. The van der Waals surface area contributed by atoms with Crippen LogP contribution in [0.2, 0.25) is 0 Å². The molecular weight excluding hydrogens is 182 g/mol. The van der Waals surface area contributed by atoms with Crippen molar-refractivity contribution in [2.45, 2.75) is 38.1 Å². The van der Waals surface area contributed by atoms with Gasteiger partial charge >= 0.3 is 0 Å². The molecule has 2 aliphatic heterocycles. The summed E-state index contributed by atoms with van der Waals surface area (Å²) in [4.78, 5) is 2.29. The Morgan fingerprint density at radius 3 is 2.93 bits per heavy atom. The van der Waals surface area contributed by atoms with E-state index in [4.69, 9.17) is 9.84 Å². The third-order valence-electron chi connectivity index (χ3n) is 3.58. The molecule has 0 amide bonds. The van der Waals surface area contributed by atoms with E-state index in [9.17, 15) is 5.11 Å². The van der Waals surface area contributed by atoms with Crippen molar-refractivity contribution >= 4 is 0 Å². The first-order chi connectivity index (χ1) is 6.56. The number of hydrogen-bond donors (Lipinski definition) is 2. The summed E-state index contributed by atoms with van der Waals surface area (Å²) >= 11 is 0. The van der Waals surface area contributed by atoms with E-state index in [0.717, 1.165) is 13.0 Å². The molecule has 2 saturated heterocycles. The van der Waals surface area contributed by atoms with Crippen molar-refractivity contribution in [3.63, 3.8) is 0 Å². The molecule has 0 aliphatic carbocycles. The lowest BCUT2D eigenvalue weighted by atomic mass is 9.95. The predicted octanol–water partition coefficient (Wildman–Crippen LogP) is -0.204. The zero-order chi connectivity index (χ0) is 10.3. The van der Waals surface area contributed by atoms with Crippen molar-refractivity contribution < 1.29 is 14.9 Å². The molecule has 0 aromatic carbocycles. The molecule has 2 aliphatic rings. The van der Waals surface area contributed by atoms with E-state index in [2.05, 4.69) is 18.7 Å². The third-order valence-corrected chi connectivity index (χ3v) is 3.58. The van der Waals surface area contributed by atoms with Gasteiger partial charge in [0, 0.05) is 18.5 Å². The van der Waals surface area contributed by atoms with Crippen molar-refractivity contribution in [1.82, 2.24) is 4.90 Å². The summed E-state index contributed by atoms with van der Waals surface area (Å²) in [5.41, 5.74) is -0.200. The number of ether oxygens (including phenoxy) is 1. The number of rotatable bonds is 2. The van der Waals surface area contributed by atoms with Crippen LogP contribution in [0.1, 0.15) is 20.3 Å². The maximum atomic E-state index is 9.64. The highest BCUT2D eigenvalue weighted by Crippen LogP contribution is 2.38. The fourth-order valence-electron chi connectivity index (χ4n) is 2.72. The Morgan fingerprint density at radius 2 is 2.29 bits per heavy atom. The maximum absolute atomic E-state index is 9.64. The SMILES string of the molecule is CC1(C)OC[C@@H]2[C@H](C(O)CO)CCN21. The number of nitrogens with zero attached hydrogens (tertiary/aromatic N) is 1. The predicted molar refractivity (Wildman–Crippen MR) is 51.7 cm³/mol. The molecule has 2 N–H and O–H groups in total. The Bertz CT molecular complexity index is 219. The van der Waals surface area contributed by atoms with E-state index in [1.807, 2.05) is 0 Å². The van der Waals surface area contributed by atoms with Crippen LogP contribution in [-0.2, 0) is 4.74 Å². The first kappa shape index (κ1) is 10.4. The van der Waals surface area contributed by atoms with Gasteiger partial charge in [0.15, 0.2) is 0 Å². The Hall–Kier alpha value is -0.160. The maximum Gasteiger partial charge on any atom is 0.116 e. The molecule has 3 atom stereocenters. The lowest BCUT2D eigenvalue weighted by Gasteiger charge is -2.29. The molecule has 0 aromatic rings. The number of fused-ring (bicyclic) bond motifs is 1. The summed E-state index contributed by atoms with van der Waals surface area (Å²) in [5.74, 6) is 0.168. The Labute approximate surface area is 84.5 Å². The molecule has 0 saturated carbocycles. The summed E-state index contributed by atoms with van der Waals surface area (Å²) in [5, 5.41) is 18.6. The average Bonchev–Trinajstić information content (AvgIpc) is 2.67. The standard InChI is InChI=1S/C10H19NO3/c1-10(2)11-4-3-7(9(13)5-12)8(11)6-14-10/h7-9,12-13H,3-6H2,1-2H3/t7-,8-,9?/m1/s1. The van der Waals surface area contributed by atoms with Crippen LogP contribution < -0.4 is 0 Å². The quantitative estimate of drug-likeness (QED) is 0.649. The average molecular weight is 201 g/mol. The minimum absolute atomic E-state index is 0.143. The van der Waals surface area contributed by atoms with Crippen molar-refractivity contribution in [2.24, 2.45) is 5.92 Å². The molecule has 4 heteroatoms. The second-order valence-corrected chi connectivity index (χ2v) is 4.72. The highest BCUT2D eigenvalue weighted by molar-refractivity contribution is 4.98. The molecule has 2 rings (SSSR count). The first-order valence-corrected chi connectivity index (χ1v) is 5.26. The molecule has 0 bridgehead atoms. The summed E-state index contributed by atoms with van der Waals surface area (Å²) in [6.07, 6.45) is 0.363. The van der Waals surface area contributed by atoms with Gasteiger partial charge in [0.25, 0.3) is 0 Å². The number of aliphatic hydroxyl groups excluding tert-OH is 2.